The number of rotatable bonds is 6. The van der Waals surface area contributed by atoms with Crippen molar-refractivity contribution in [2.75, 3.05) is 19.6 Å². The zero-order valence-electron chi connectivity index (χ0n) is 13.2. The minimum atomic E-state index is -3.42. The summed E-state index contributed by atoms with van der Waals surface area (Å²) < 4.78 is 28.9. The van der Waals surface area contributed by atoms with Crippen LogP contribution in [-0.4, -0.2) is 42.7 Å². The van der Waals surface area contributed by atoms with Gasteiger partial charge < -0.3 is 0 Å². The van der Waals surface area contributed by atoms with Gasteiger partial charge in [-0.05, 0) is 31.5 Å². The number of nitrogens with zero attached hydrogens (tertiary/aromatic N) is 3. The van der Waals surface area contributed by atoms with Gasteiger partial charge in [0.25, 0.3) is 0 Å². The summed E-state index contributed by atoms with van der Waals surface area (Å²) in [5.41, 5.74) is 1.20. The number of aromatic nitrogens is 2. The van der Waals surface area contributed by atoms with Gasteiger partial charge in [-0.15, -0.1) is 0 Å². The highest BCUT2D eigenvalue weighted by molar-refractivity contribution is 7.89. The van der Waals surface area contributed by atoms with Gasteiger partial charge in [-0.25, -0.2) is 13.1 Å². The molecule has 1 saturated heterocycles. The van der Waals surface area contributed by atoms with Crippen LogP contribution in [0, 0.1) is 0 Å². The van der Waals surface area contributed by atoms with Gasteiger partial charge in [-0.2, -0.15) is 5.10 Å². The predicted octanol–water partition coefficient (Wildman–Crippen LogP) is 1.54. The Balaban J connectivity index is 1.58. The van der Waals surface area contributed by atoms with E-state index in [2.05, 4.69) is 14.7 Å². The molecule has 2 heterocycles. The Bertz CT molecular complexity index is 742. The summed E-state index contributed by atoms with van der Waals surface area (Å²) in [7, 11) is -1.51. The Morgan fingerprint density at radius 1 is 1.30 bits per heavy atom. The lowest BCUT2D eigenvalue weighted by molar-refractivity contribution is 0.262. The predicted molar refractivity (Wildman–Crippen MR) is 88.4 cm³/mol. The van der Waals surface area contributed by atoms with Crippen LogP contribution in [-0.2, 0) is 17.1 Å². The molecule has 0 unspecified atom stereocenters. The first kappa shape index (κ1) is 16.2. The third-order valence-electron chi connectivity index (χ3n) is 4.22. The average molecular weight is 334 g/mol. The molecule has 0 bridgehead atoms. The van der Waals surface area contributed by atoms with Gasteiger partial charge in [-0.3, -0.25) is 9.58 Å². The Hall–Kier alpha value is -1.70. The molecule has 1 fully saturated rings. The van der Waals surface area contributed by atoms with E-state index in [0.29, 0.717) is 24.0 Å². The molecule has 3 rings (SSSR count). The van der Waals surface area contributed by atoms with Crippen molar-refractivity contribution >= 4 is 10.0 Å². The fourth-order valence-electron chi connectivity index (χ4n) is 3.09. The Morgan fingerprint density at radius 3 is 2.78 bits per heavy atom. The normalized spacial score (nSPS) is 19.3. The molecule has 124 valence electrons. The lowest BCUT2D eigenvalue weighted by Crippen LogP contribution is -2.34. The van der Waals surface area contributed by atoms with E-state index in [1.807, 2.05) is 30.2 Å². The summed E-state index contributed by atoms with van der Waals surface area (Å²) >= 11 is 0. The fourth-order valence-corrected chi connectivity index (χ4v) is 4.13. The molecular weight excluding hydrogens is 312 g/mol. The van der Waals surface area contributed by atoms with Crippen molar-refractivity contribution in [2.24, 2.45) is 7.05 Å². The van der Waals surface area contributed by atoms with Crippen LogP contribution in [0.25, 0.3) is 0 Å². The molecule has 1 aliphatic heterocycles. The topological polar surface area (TPSA) is 67.2 Å². The van der Waals surface area contributed by atoms with Crippen molar-refractivity contribution in [3.63, 3.8) is 0 Å². The van der Waals surface area contributed by atoms with Crippen LogP contribution in [0.4, 0.5) is 0 Å². The van der Waals surface area contributed by atoms with Crippen LogP contribution in [0.5, 0.6) is 0 Å². The van der Waals surface area contributed by atoms with E-state index in [4.69, 9.17) is 0 Å². The van der Waals surface area contributed by atoms with Crippen LogP contribution in [0.1, 0.15) is 24.4 Å². The van der Waals surface area contributed by atoms with Crippen molar-refractivity contribution in [2.45, 2.75) is 23.8 Å². The molecular formula is C16H22N4O2S. The van der Waals surface area contributed by atoms with E-state index in [-0.39, 0.29) is 0 Å². The van der Waals surface area contributed by atoms with E-state index < -0.39 is 10.0 Å². The number of benzene rings is 1. The first-order valence-corrected chi connectivity index (χ1v) is 9.32. The lowest BCUT2D eigenvalue weighted by atomic mass is 10.1. The van der Waals surface area contributed by atoms with Gasteiger partial charge in [-0.1, -0.05) is 18.2 Å². The molecule has 1 N–H and O–H groups in total. The second kappa shape index (κ2) is 6.82. The van der Waals surface area contributed by atoms with Crippen LogP contribution < -0.4 is 4.72 Å². The van der Waals surface area contributed by atoms with Crippen molar-refractivity contribution in [3.05, 3.63) is 48.3 Å². The molecule has 0 saturated carbocycles. The molecule has 0 amide bonds. The first-order valence-electron chi connectivity index (χ1n) is 7.83. The minimum Gasteiger partial charge on any atom is -0.295 e. The highest BCUT2D eigenvalue weighted by Crippen LogP contribution is 2.30. The maximum absolute atomic E-state index is 12.2. The second-order valence-electron chi connectivity index (χ2n) is 5.85. The molecule has 23 heavy (non-hydrogen) atoms. The van der Waals surface area contributed by atoms with Gasteiger partial charge in [0.2, 0.25) is 10.0 Å². The van der Waals surface area contributed by atoms with Gasteiger partial charge in [0.1, 0.15) is 0 Å². The molecule has 6 nitrogen and oxygen atoms in total. The summed E-state index contributed by atoms with van der Waals surface area (Å²) in [5, 5.41) is 4.23. The quantitative estimate of drug-likeness (QED) is 0.870. The third kappa shape index (κ3) is 3.80. The molecule has 0 radical (unpaired) electrons. The first-order chi connectivity index (χ1) is 11.1. The number of hydrogen-bond donors (Lipinski definition) is 1. The Morgan fingerprint density at radius 2 is 2.09 bits per heavy atom. The highest BCUT2D eigenvalue weighted by Gasteiger charge is 2.26. The molecule has 1 aliphatic rings. The van der Waals surface area contributed by atoms with Crippen molar-refractivity contribution in [1.82, 2.24) is 19.4 Å². The summed E-state index contributed by atoms with van der Waals surface area (Å²) in [5.74, 6) is 0. The van der Waals surface area contributed by atoms with Crippen LogP contribution in [0.2, 0.25) is 0 Å². The SMILES string of the molecule is Cn1cc([C@H]2CCCN2CCNS(=O)(=O)c2ccccc2)cn1. The van der Waals surface area contributed by atoms with E-state index >= 15 is 0 Å². The highest BCUT2D eigenvalue weighted by atomic mass is 32.2. The minimum absolute atomic E-state index is 0.310. The van der Waals surface area contributed by atoms with E-state index in [1.54, 1.807) is 24.3 Å². The zero-order chi connectivity index (χ0) is 16.3. The summed E-state index contributed by atoms with van der Waals surface area (Å²) in [6, 6.07) is 8.82. The van der Waals surface area contributed by atoms with Crippen LogP contribution >= 0.6 is 0 Å². The molecule has 0 aliphatic carbocycles. The molecule has 2 aromatic rings. The Labute approximate surface area is 137 Å². The van der Waals surface area contributed by atoms with Crippen LogP contribution in [0.15, 0.2) is 47.6 Å². The molecule has 1 aromatic heterocycles. The maximum atomic E-state index is 12.2. The fraction of sp³-hybridized carbons (Fsp3) is 0.438. The largest absolute Gasteiger partial charge is 0.295 e. The summed E-state index contributed by atoms with van der Waals surface area (Å²) in [4.78, 5) is 2.63. The molecule has 1 atom stereocenters. The standard InChI is InChI=1S/C16H22N4O2S/c1-19-13-14(12-17-19)16-8-5-10-20(16)11-9-18-23(21,22)15-6-3-2-4-7-15/h2-4,6-7,12-13,16,18H,5,8-11H2,1H3/t16-/m1/s1. The third-order valence-corrected chi connectivity index (χ3v) is 5.69. The van der Waals surface area contributed by atoms with Gasteiger partial charge in [0.15, 0.2) is 0 Å². The monoisotopic (exact) mass is 334 g/mol. The van der Waals surface area contributed by atoms with E-state index in [1.165, 1.54) is 5.56 Å². The number of nitrogens with one attached hydrogen (secondary N) is 1. The van der Waals surface area contributed by atoms with Gasteiger partial charge >= 0.3 is 0 Å². The average Bonchev–Trinajstić information content (AvgIpc) is 3.17. The Kier molecular flexibility index (Phi) is 4.79. The number of sulfonamides is 1. The number of likely N-dealkylation sites (tertiary alicyclic amines) is 1. The van der Waals surface area contributed by atoms with Crippen LogP contribution in [0.3, 0.4) is 0 Å². The maximum Gasteiger partial charge on any atom is 0.240 e. The van der Waals surface area contributed by atoms with Gasteiger partial charge in [0, 0.05) is 37.9 Å². The van der Waals surface area contributed by atoms with Crippen molar-refractivity contribution in [1.29, 1.82) is 0 Å². The number of aryl methyl sites for hydroxylation is 1. The van der Waals surface area contributed by atoms with Gasteiger partial charge in [0.05, 0.1) is 11.1 Å². The number of hydrogen-bond acceptors (Lipinski definition) is 4. The molecule has 7 heteroatoms. The van der Waals surface area contributed by atoms with Crippen molar-refractivity contribution < 1.29 is 8.42 Å². The summed E-state index contributed by atoms with van der Waals surface area (Å²) in [6.07, 6.45) is 6.16. The second-order valence-corrected chi connectivity index (χ2v) is 7.62. The summed E-state index contributed by atoms with van der Waals surface area (Å²) in [6.45, 7) is 2.10. The molecule has 1 aromatic carbocycles. The lowest BCUT2D eigenvalue weighted by Gasteiger charge is -2.23. The van der Waals surface area contributed by atoms with E-state index in [0.717, 1.165) is 19.4 Å². The van der Waals surface area contributed by atoms with E-state index in [9.17, 15) is 8.42 Å². The van der Waals surface area contributed by atoms with Crippen molar-refractivity contribution in [3.8, 4) is 0 Å². The molecule has 0 spiro atoms. The smallest absolute Gasteiger partial charge is 0.240 e. The zero-order valence-corrected chi connectivity index (χ0v) is 14.0.